The van der Waals surface area contributed by atoms with E-state index in [1.807, 2.05) is 0 Å². The summed E-state index contributed by atoms with van der Waals surface area (Å²) in [7, 11) is 0. The molecule has 0 aliphatic carbocycles. The molecule has 11 heavy (non-hydrogen) atoms. The van der Waals surface area contributed by atoms with E-state index >= 15 is 0 Å². The minimum atomic E-state index is 0.115. The lowest BCUT2D eigenvalue weighted by Crippen LogP contribution is -2.57. The van der Waals surface area contributed by atoms with E-state index in [1.165, 1.54) is 6.42 Å². The van der Waals surface area contributed by atoms with Gasteiger partial charge in [-0.15, -0.1) is 0 Å². The summed E-state index contributed by atoms with van der Waals surface area (Å²) in [5.74, 6) is 0. The van der Waals surface area contributed by atoms with Crippen molar-refractivity contribution in [1.29, 1.82) is 0 Å². The van der Waals surface area contributed by atoms with Gasteiger partial charge < -0.3 is 4.74 Å². The van der Waals surface area contributed by atoms with Gasteiger partial charge >= 0.3 is 0 Å². The molecule has 1 fully saturated rings. The Bertz CT molecular complexity index is 111. The van der Waals surface area contributed by atoms with Gasteiger partial charge in [-0.25, -0.2) is 0 Å². The highest BCUT2D eigenvalue weighted by molar-refractivity contribution is 4.85. The third-order valence-corrected chi connectivity index (χ3v) is 2.76. The molecule has 1 atom stereocenters. The van der Waals surface area contributed by atoms with Gasteiger partial charge in [-0.05, 0) is 19.5 Å². The van der Waals surface area contributed by atoms with Gasteiger partial charge in [0.2, 0.25) is 0 Å². The maximum atomic E-state index is 5.64. The van der Waals surface area contributed by atoms with Crippen molar-refractivity contribution < 1.29 is 4.74 Å². The lowest BCUT2D eigenvalue weighted by atomic mass is 10.00. The highest BCUT2D eigenvalue weighted by Crippen LogP contribution is 2.33. The molecule has 0 saturated carbocycles. The average Bonchev–Trinajstić information content (AvgIpc) is 1.96. The Labute approximate surface area is 69.5 Å². The maximum Gasteiger partial charge on any atom is 0.123 e. The van der Waals surface area contributed by atoms with E-state index in [0.29, 0.717) is 0 Å². The van der Waals surface area contributed by atoms with Gasteiger partial charge in [0.05, 0.1) is 6.61 Å². The molecule has 0 aromatic carbocycles. The molecule has 0 amide bonds. The molecule has 0 bridgehead atoms. The Hall–Kier alpha value is -0.0800. The molecule has 1 aliphatic rings. The van der Waals surface area contributed by atoms with Gasteiger partial charge in [0.1, 0.15) is 5.72 Å². The molecule has 1 saturated heterocycles. The average molecular weight is 157 g/mol. The van der Waals surface area contributed by atoms with Crippen molar-refractivity contribution in [3.8, 4) is 0 Å². The first kappa shape index (κ1) is 9.01. The zero-order chi connectivity index (χ0) is 8.32. The van der Waals surface area contributed by atoms with Crippen LogP contribution in [0.1, 0.15) is 33.6 Å². The Kier molecular flexibility index (Phi) is 2.90. The van der Waals surface area contributed by atoms with Crippen molar-refractivity contribution in [3.63, 3.8) is 0 Å². The summed E-state index contributed by atoms with van der Waals surface area (Å²) in [4.78, 5) is 2.41. The minimum Gasteiger partial charge on any atom is -0.360 e. The summed E-state index contributed by atoms with van der Waals surface area (Å²) in [5.41, 5.74) is 0.115. The van der Waals surface area contributed by atoms with E-state index in [4.69, 9.17) is 4.74 Å². The molecule has 1 heterocycles. The van der Waals surface area contributed by atoms with Gasteiger partial charge in [0.25, 0.3) is 0 Å². The number of hydrogen-bond acceptors (Lipinski definition) is 2. The lowest BCUT2D eigenvalue weighted by Gasteiger charge is -2.49. The molecule has 1 unspecified atom stereocenters. The van der Waals surface area contributed by atoms with Crippen LogP contribution in [0, 0.1) is 0 Å². The van der Waals surface area contributed by atoms with Gasteiger partial charge in [0, 0.05) is 6.42 Å². The van der Waals surface area contributed by atoms with Crippen LogP contribution in [0.25, 0.3) is 0 Å². The molecular weight excluding hydrogens is 138 g/mol. The first-order valence-electron chi connectivity index (χ1n) is 4.68. The summed E-state index contributed by atoms with van der Waals surface area (Å²) in [6.07, 6.45) is 2.33. The molecule has 1 rings (SSSR count). The highest BCUT2D eigenvalue weighted by Gasteiger charge is 2.40. The van der Waals surface area contributed by atoms with Crippen molar-refractivity contribution in [2.45, 2.75) is 39.3 Å². The summed E-state index contributed by atoms with van der Waals surface area (Å²) < 4.78 is 5.64. The van der Waals surface area contributed by atoms with Crippen LogP contribution in [0.4, 0.5) is 0 Å². The van der Waals surface area contributed by atoms with E-state index in [0.717, 1.165) is 26.1 Å². The predicted molar refractivity (Wildman–Crippen MR) is 46.5 cm³/mol. The van der Waals surface area contributed by atoms with Crippen molar-refractivity contribution in [1.82, 2.24) is 4.90 Å². The van der Waals surface area contributed by atoms with Gasteiger partial charge in [-0.2, -0.15) is 0 Å². The zero-order valence-electron chi connectivity index (χ0n) is 7.89. The molecule has 0 N–H and O–H groups in total. The summed E-state index contributed by atoms with van der Waals surface area (Å²) in [6.45, 7) is 9.75. The van der Waals surface area contributed by atoms with Gasteiger partial charge in [0.15, 0.2) is 0 Å². The predicted octanol–water partition coefficient (Wildman–Crippen LogP) is 1.85. The fourth-order valence-electron chi connectivity index (χ4n) is 1.89. The van der Waals surface area contributed by atoms with Crippen LogP contribution in [0.5, 0.6) is 0 Å². The van der Waals surface area contributed by atoms with Crippen molar-refractivity contribution in [2.24, 2.45) is 0 Å². The number of rotatable bonds is 4. The molecule has 0 aromatic rings. The highest BCUT2D eigenvalue weighted by atomic mass is 16.5. The zero-order valence-corrected chi connectivity index (χ0v) is 7.89. The fourth-order valence-corrected chi connectivity index (χ4v) is 1.89. The van der Waals surface area contributed by atoms with Crippen LogP contribution in [-0.2, 0) is 4.74 Å². The standard InChI is InChI=1S/C9H19NO/c1-4-9(7-8-11-9)10(5-2)6-3/h4-8H2,1-3H3. The van der Waals surface area contributed by atoms with Crippen molar-refractivity contribution in [3.05, 3.63) is 0 Å². The SMILES string of the molecule is CCN(CC)C1(CC)CCO1. The van der Waals surface area contributed by atoms with Gasteiger partial charge in [-0.3, -0.25) is 4.90 Å². The molecule has 1 aliphatic heterocycles. The topological polar surface area (TPSA) is 12.5 Å². The van der Waals surface area contributed by atoms with E-state index in [9.17, 15) is 0 Å². The Morgan fingerprint density at radius 1 is 1.27 bits per heavy atom. The van der Waals surface area contributed by atoms with E-state index < -0.39 is 0 Å². The molecule has 2 heteroatoms. The van der Waals surface area contributed by atoms with Crippen molar-refractivity contribution >= 4 is 0 Å². The van der Waals surface area contributed by atoms with E-state index in [2.05, 4.69) is 25.7 Å². The van der Waals surface area contributed by atoms with Crippen molar-refractivity contribution in [2.75, 3.05) is 19.7 Å². The van der Waals surface area contributed by atoms with Crippen LogP contribution in [0.2, 0.25) is 0 Å². The van der Waals surface area contributed by atoms with Crippen LogP contribution in [-0.4, -0.2) is 30.3 Å². The summed E-state index contributed by atoms with van der Waals surface area (Å²) in [5, 5.41) is 0. The minimum absolute atomic E-state index is 0.115. The molecule has 66 valence electrons. The number of hydrogen-bond donors (Lipinski definition) is 0. The Balaban J connectivity index is 2.51. The quantitative estimate of drug-likeness (QED) is 0.617. The summed E-state index contributed by atoms with van der Waals surface area (Å²) >= 11 is 0. The summed E-state index contributed by atoms with van der Waals surface area (Å²) in [6, 6.07) is 0. The number of ether oxygens (including phenoxy) is 1. The van der Waals surface area contributed by atoms with E-state index in [-0.39, 0.29) is 5.72 Å². The third-order valence-electron chi connectivity index (χ3n) is 2.76. The monoisotopic (exact) mass is 157 g/mol. The second-order valence-electron chi connectivity index (χ2n) is 3.07. The van der Waals surface area contributed by atoms with Crippen LogP contribution < -0.4 is 0 Å². The normalized spacial score (nSPS) is 30.5. The molecule has 0 spiro atoms. The van der Waals surface area contributed by atoms with Crippen LogP contribution in [0.15, 0.2) is 0 Å². The smallest absolute Gasteiger partial charge is 0.123 e. The first-order valence-corrected chi connectivity index (χ1v) is 4.68. The van der Waals surface area contributed by atoms with Crippen LogP contribution in [0.3, 0.4) is 0 Å². The Morgan fingerprint density at radius 3 is 1.91 bits per heavy atom. The number of nitrogens with zero attached hydrogens (tertiary/aromatic N) is 1. The third kappa shape index (κ3) is 1.42. The largest absolute Gasteiger partial charge is 0.360 e. The lowest BCUT2D eigenvalue weighted by molar-refractivity contribution is -0.238. The Morgan fingerprint density at radius 2 is 1.82 bits per heavy atom. The molecule has 0 radical (unpaired) electrons. The van der Waals surface area contributed by atoms with Gasteiger partial charge in [-0.1, -0.05) is 20.8 Å². The van der Waals surface area contributed by atoms with Crippen LogP contribution >= 0.6 is 0 Å². The second kappa shape index (κ2) is 3.55. The maximum absolute atomic E-state index is 5.64. The first-order chi connectivity index (χ1) is 5.29. The molecular formula is C9H19NO. The molecule has 0 aromatic heterocycles. The second-order valence-corrected chi connectivity index (χ2v) is 3.07. The fraction of sp³-hybridized carbons (Fsp3) is 1.00. The molecule has 2 nitrogen and oxygen atoms in total. The van der Waals surface area contributed by atoms with E-state index in [1.54, 1.807) is 0 Å².